The van der Waals surface area contributed by atoms with Crippen molar-refractivity contribution in [1.29, 1.82) is 0 Å². The Morgan fingerprint density at radius 1 is 1.10 bits per heavy atom. The summed E-state index contributed by atoms with van der Waals surface area (Å²) in [6, 6.07) is 14.0. The van der Waals surface area contributed by atoms with E-state index >= 15 is 0 Å². The molecule has 1 heterocycles. The summed E-state index contributed by atoms with van der Waals surface area (Å²) in [5, 5.41) is 8.00. The number of rotatable bonds is 6. The molecule has 0 fully saturated rings. The Morgan fingerprint density at radius 3 is 2.61 bits per heavy atom. The van der Waals surface area contributed by atoms with Crippen LogP contribution in [0.2, 0.25) is 0 Å². The van der Waals surface area contributed by atoms with Gasteiger partial charge < -0.3 is 9.64 Å². The number of hydrogen-bond donors (Lipinski definition) is 1. The number of benzene rings is 3. The van der Waals surface area contributed by atoms with Crippen molar-refractivity contribution < 1.29 is 18.3 Å². The average Bonchev–Trinajstić information content (AvgIpc) is 3.22. The average molecular weight is 421 g/mol. The Labute approximate surface area is 178 Å². The molecule has 0 radical (unpaired) electrons. The van der Waals surface area contributed by atoms with Gasteiger partial charge in [-0.1, -0.05) is 18.2 Å². The van der Waals surface area contributed by atoms with Gasteiger partial charge in [0, 0.05) is 36.2 Å². The van der Waals surface area contributed by atoms with Crippen LogP contribution in [-0.2, 0) is 6.54 Å². The van der Waals surface area contributed by atoms with Gasteiger partial charge in [0.2, 0.25) is 0 Å². The zero-order valence-electron chi connectivity index (χ0n) is 17.2. The fraction of sp³-hybridized carbons (Fsp3) is 0.167. The van der Waals surface area contributed by atoms with Gasteiger partial charge in [-0.2, -0.15) is 5.10 Å². The maximum atomic E-state index is 13.7. The first-order valence-electron chi connectivity index (χ1n) is 9.86. The molecule has 3 aromatic carbocycles. The molecule has 31 heavy (non-hydrogen) atoms. The number of hydrogen-bond acceptors (Lipinski definition) is 3. The third kappa shape index (κ3) is 4.26. The smallest absolute Gasteiger partial charge is 0.254 e. The van der Waals surface area contributed by atoms with Gasteiger partial charge in [0.05, 0.1) is 18.3 Å². The number of nitrogens with zero attached hydrogens (tertiary/aromatic N) is 2. The van der Waals surface area contributed by atoms with Crippen molar-refractivity contribution in [3.05, 3.63) is 83.6 Å². The molecule has 7 heteroatoms. The van der Waals surface area contributed by atoms with Crippen LogP contribution < -0.4 is 4.74 Å². The predicted octanol–water partition coefficient (Wildman–Crippen LogP) is 5.18. The highest BCUT2D eigenvalue weighted by atomic mass is 19.1. The quantitative estimate of drug-likeness (QED) is 0.467. The summed E-state index contributed by atoms with van der Waals surface area (Å²) >= 11 is 0. The second-order valence-corrected chi connectivity index (χ2v) is 7.21. The number of fused-ring (bicyclic) bond motifs is 1. The summed E-state index contributed by atoms with van der Waals surface area (Å²) < 4.78 is 33.1. The standard InChI is InChI=1S/C24H21F2N3O2/c1-3-31-22-11-15(7-8-21(22)18-9-19(25)12-20(26)10-18)24(30)29(2)14-17-6-4-5-16-13-27-28-23(16)17/h4-13H,3,14H2,1-2H3,(H,27,28). The number of para-hydroxylation sites is 1. The van der Waals surface area contributed by atoms with Gasteiger partial charge in [0.25, 0.3) is 5.91 Å². The molecule has 0 spiro atoms. The fourth-order valence-corrected chi connectivity index (χ4v) is 3.59. The summed E-state index contributed by atoms with van der Waals surface area (Å²) in [4.78, 5) is 14.7. The Balaban J connectivity index is 1.63. The van der Waals surface area contributed by atoms with E-state index in [0.717, 1.165) is 22.5 Å². The molecular weight excluding hydrogens is 400 g/mol. The Bertz CT molecular complexity index is 1230. The second-order valence-electron chi connectivity index (χ2n) is 7.21. The summed E-state index contributed by atoms with van der Waals surface area (Å²) in [6.07, 6.45) is 1.74. The number of halogens is 2. The highest BCUT2D eigenvalue weighted by Crippen LogP contribution is 2.32. The topological polar surface area (TPSA) is 58.2 Å². The minimum Gasteiger partial charge on any atom is -0.493 e. The highest BCUT2D eigenvalue weighted by molar-refractivity contribution is 5.95. The molecule has 1 aromatic heterocycles. The molecule has 0 unspecified atom stereocenters. The molecule has 4 rings (SSSR count). The van der Waals surface area contributed by atoms with Crippen LogP contribution in [0.3, 0.4) is 0 Å². The van der Waals surface area contributed by atoms with Crippen LogP contribution >= 0.6 is 0 Å². The Morgan fingerprint density at radius 2 is 1.87 bits per heavy atom. The normalized spacial score (nSPS) is 11.0. The third-order valence-electron chi connectivity index (χ3n) is 5.02. The maximum absolute atomic E-state index is 13.7. The molecule has 1 N–H and O–H groups in total. The fourth-order valence-electron chi connectivity index (χ4n) is 3.59. The van der Waals surface area contributed by atoms with Crippen molar-refractivity contribution in [3.63, 3.8) is 0 Å². The van der Waals surface area contributed by atoms with Crippen molar-refractivity contribution in [1.82, 2.24) is 15.1 Å². The lowest BCUT2D eigenvalue weighted by Crippen LogP contribution is -2.26. The van der Waals surface area contributed by atoms with Crippen LogP contribution in [-0.4, -0.2) is 34.7 Å². The minimum atomic E-state index is -0.676. The van der Waals surface area contributed by atoms with Gasteiger partial charge in [-0.3, -0.25) is 9.89 Å². The summed E-state index contributed by atoms with van der Waals surface area (Å²) in [7, 11) is 1.72. The lowest BCUT2D eigenvalue weighted by Gasteiger charge is -2.19. The van der Waals surface area contributed by atoms with Crippen LogP contribution in [0.15, 0.2) is 60.8 Å². The zero-order chi connectivity index (χ0) is 22.0. The number of carbonyl (C=O) groups is 1. The van der Waals surface area contributed by atoms with E-state index in [-0.39, 0.29) is 5.91 Å². The zero-order valence-corrected chi connectivity index (χ0v) is 17.2. The first kappa shape index (κ1) is 20.5. The van der Waals surface area contributed by atoms with E-state index in [0.29, 0.717) is 35.6 Å². The Hall–Kier alpha value is -3.74. The highest BCUT2D eigenvalue weighted by Gasteiger charge is 2.17. The van der Waals surface area contributed by atoms with Crippen molar-refractivity contribution in [3.8, 4) is 16.9 Å². The molecule has 5 nitrogen and oxygen atoms in total. The summed E-state index contributed by atoms with van der Waals surface area (Å²) in [5.41, 5.74) is 3.12. The number of amides is 1. The van der Waals surface area contributed by atoms with Crippen LogP contribution in [0.1, 0.15) is 22.8 Å². The molecule has 0 saturated carbocycles. The van der Waals surface area contributed by atoms with Gasteiger partial charge >= 0.3 is 0 Å². The molecule has 0 aliphatic carbocycles. The first-order valence-corrected chi connectivity index (χ1v) is 9.86. The molecular formula is C24H21F2N3O2. The van der Waals surface area contributed by atoms with E-state index in [4.69, 9.17) is 4.74 Å². The number of ether oxygens (including phenoxy) is 1. The van der Waals surface area contributed by atoms with Gasteiger partial charge in [-0.05, 0) is 48.4 Å². The van der Waals surface area contributed by atoms with E-state index in [1.807, 2.05) is 25.1 Å². The number of H-pyrrole nitrogens is 1. The molecule has 0 aliphatic rings. The monoisotopic (exact) mass is 421 g/mol. The van der Waals surface area contributed by atoms with Crippen molar-refractivity contribution in [2.45, 2.75) is 13.5 Å². The Kier molecular flexibility index (Phi) is 5.66. The molecule has 0 atom stereocenters. The number of nitrogens with one attached hydrogen (secondary N) is 1. The summed E-state index contributed by atoms with van der Waals surface area (Å²) in [5.74, 6) is -1.16. The van der Waals surface area contributed by atoms with Crippen LogP contribution in [0.4, 0.5) is 8.78 Å². The van der Waals surface area contributed by atoms with Crippen LogP contribution in [0.5, 0.6) is 5.75 Å². The maximum Gasteiger partial charge on any atom is 0.254 e. The molecule has 158 valence electrons. The molecule has 1 amide bonds. The van der Waals surface area contributed by atoms with Gasteiger partial charge in [0.1, 0.15) is 17.4 Å². The minimum absolute atomic E-state index is 0.200. The van der Waals surface area contributed by atoms with Gasteiger partial charge in [-0.15, -0.1) is 0 Å². The van der Waals surface area contributed by atoms with Crippen LogP contribution in [0.25, 0.3) is 22.0 Å². The third-order valence-corrected chi connectivity index (χ3v) is 5.02. The van der Waals surface area contributed by atoms with Gasteiger partial charge in [0.15, 0.2) is 0 Å². The first-order chi connectivity index (χ1) is 15.0. The van der Waals surface area contributed by atoms with Crippen LogP contribution in [0, 0.1) is 11.6 Å². The number of aromatic amines is 1. The van der Waals surface area contributed by atoms with Crippen molar-refractivity contribution in [2.75, 3.05) is 13.7 Å². The van der Waals surface area contributed by atoms with E-state index in [2.05, 4.69) is 10.2 Å². The van der Waals surface area contributed by atoms with Gasteiger partial charge in [-0.25, -0.2) is 8.78 Å². The molecule has 0 bridgehead atoms. The van der Waals surface area contributed by atoms with E-state index in [1.54, 1.807) is 36.3 Å². The SMILES string of the molecule is CCOc1cc(C(=O)N(C)Cc2cccc3cn[nH]c23)ccc1-c1cc(F)cc(F)c1. The molecule has 0 aliphatic heterocycles. The molecule has 0 saturated heterocycles. The number of carbonyl (C=O) groups excluding carboxylic acids is 1. The van der Waals surface area contributed by atoms with E-state index in [9.17, 15) is 13.6 Å². The van der Waals surface area contributed by atoms with Crippen molar-refractivity contribution in [2.24, 2.45) is 0 Å². The van der Waals surface area contributed by atoms with E-state index < -0.39 is 11.6 Å². The van der Waals surface area contributed by atoms with E-state index in [1.165, 1.54) is 12.1 Å². The van der Waals surface area contributed by atoms with Crippen molar-refractivity contribution >= 4 is 16.8 Å². The number of aromatic nitrogens is 2. The lowest BCUT2D eigenvalue weighted by atomic mass is 10.0. The largest absolute Gasteiger partial charge is 0.493 e. The molecule has 4 aromatic rings. The predicted molar refractivity (Wildman–Crippen MR) is 115 cm³/mol. The summed E-state index contributed by atoms with van der Waals surface area (Å²) in [6.45, 7) is 2.54. The second kappa shape index (κ2) is 8.55. The lowest BCUT2D eigenvalue weighted by molar-refractivity contribution is 0.0785.